The van der Waals surface area contributed by atoms with E-state index in [1.54, 1.807) is 0 Å². The fourth-order valence-electron chi connectivity index (χ4n) is 2.67. The molecule has 1 aromatic rings. The van der Waals surface area contributed by atoms with E-state index in [2.05, 4.69) is 32.2 Å². The molecule has 1 aliphatic rings. The largest absolute Gasteiger partial charge is 0.483 e. The summed E-state index contributed by atoms with van der Waals surface area (Å²) in [4.78, 5) is 14.2. The molecule has 2 rings (SSSR count). The molecule has 0 aliphatic carbocycles. The maximum Gasteiger partial charge on any atom is 0.260 e. The summed E-state index contributed by atoms with van der Waals surface area (Å²) in [5.74, 6) is 1.35. The number of rotatable bonds is 5. The molecule has 1 saturated heterocycles. The Labute approximate surface area is 127 Å². The zero-order valence-corrected chi connectivity index (χ0v) is 13.3. The summed E-state index contributed by atoms with van der Waals surface area (Å²) in [6.45, 7) is 9.01. The second-order valence-corrected chi connectivity index (χ2v) is 5.78. The monoisotopic (exact) mass is 290 g/mol. The van der Waals surface area contributed by atoms with Gasteiger partial charge in [-0.2, -0.15) is 0 Å². The molecule has 0 radical (unpaired) electrons. The Morgan fingerprint density at radius 3 is 2.95 bits per heavy atom. The first-order chi connectivity index (χ1) is 10.1. The van der Waals surface area contributed by atoms with Crippen molar-refractivity contribution >= 4 is 5.91 Å². The summed E-state index contributed by atoms with van der Waals surface area (Å²) in [5.41, 5.74) is 1.18. The Morgan fingerprint density at radius 2 is 2.24 bits per heavy atom. The second kappa shape index (κ2) is 7.46. The molecule has 1 amide bonds. The van der Waals surface area contributed by atoms with Gasteiger partial charge >= 0.3 is 0 Å². The van der Waals surface area contributed by atoms with Gasteiger partial charge in [0.25, 0.3) is 5.91 Å². The zero-order chi connectivity index (χ0) is 15.2. The van der Waals surface area contributed by atoms with Crippen LogP contribution in [0.5, 0.6) is 5.75 Å². The van der Waals surface area contributed by atoms with Crippen LogP contribution in [0.1, 0.15) is 38.7 Å². The molecular formula is C17H26N2O2. The third kappa shape index (κ3) is 3.97. The Balaban J connectivity index is 1.98. The number of benzene rings is 1. The fraction of sp³-hybridized carbons (Fsp3) is 0.588. The van der Waals surface area contributed by atoms with E-state index in [0.717, 1.165) is 31.8 Å². The van der Waals surface area contributed by atoms with Crippen LogP contribution in [0, 0.1) is 0 Å². The average molecular weight is 290 g/mol. The number of hydrogen-bond acceptors (Lipinski definition) is 3. The lowest BCUT2D eigenvalue weighted by Crippen LogP contribution is -2.53. The Hall–Kier alpha value is -1.55. The molecule has 2 atom stereocenters. The molecule has 1 unspecified atom stereocenters. The van der Waals surface area contributed by atoms with Crippen molar-refractivity contribution < 1.29 is 9.53 Å². The first kappa shape index (κ1) is 15.8. The number of hydrogen-bond donors (Lipinski definition) is 1. The standard InChI is InChI=1S/C17H26N2O2/c1-4-13(2)15-7-5-6-8-16(15)21-12-17(20)19-10-9-18-11-14(19)3/h5-8,13-14,18H,4,9-12H2,1-3H3/t13?,14-/m0/s1. The van der Waals surface area contributed by atoms with Gasteiger partial charge in [0.1, 0.15) is 5.75 Å². The molecule has 116 valence electrons. The van der Waals surface area contributed by atoms with Gasteiger partial charge in [0.15, 0.2) is 6.61 Å². The first-order valence-corrected chi connectivity index (χ1v) is 7.85. The van der Waals surface area contributed by atoms with Crippen LogP contribution in [0.25, 0.3) is 0 Å². The van der Waals surface area contributed by atoms with Gasteiger partial charge in [-0.05, 0) is 30.9 Å². The predicted octanol–water partition coefficient (Wildman–Crippen LogP) is 2.40. The Bertz CT molecular complexity index is 476. The van der Waals surface area contributed by atoms with Gasteiger partial charge in [-0.25, -0.2) is 0 Å². The average Bonchev–Trinajstić information content (AvgIpc) is 2.52. The van der Waals surface area contributed by atoms with E-state index < -0.39 is 0 Å². The minimum atomic E-state index is 0.0722. The maximum atomic E-state index is 12.3. The van der Waals surface area contributed by atoms with Crippen LogP contribution in [0.15, 0.2) is 24.3 Å². The van der Waals surface area contributed by atoms with E-state index in [1.165, 1.54) is 5.56 Å². The minimum Gasteiger partial charge on any atom is -0.483 e. The number of carbonyl (C=O) groups excluding carboxylic acids is 1. The van der Waals surface area contributed by atoms with Crippen molar-refractivity contribution in [3.05, 3.63) is 29.8 Å². The molecule has 1 heterocycles. The van der Waals surface area contributed by atoms with Crippen molar-refractivity contribution in [2.45, 2.75) is 39.2 Å². The Kier molecular flexibility index (Phi) is 5.62. The minimum absolute atomic E-state index is 0.0722. The highest BCUT2D eigenvalue weighted by atomic mass is 16.5. The smallest absolute Gasteiger partial charge is 0.260 e. The van der Waals surface area contributed by atoms with Crippen LogP contribution in [-0.2, 0) is 4.79 Å². The fourth-order valence-corrected chi connectivity index (χ4v) is 2.67. The number of carbonyl (C=O) groups is 1. The van der Waals surface area contributed by atoms with Gasteiger partial charge in [0, 0.05) is 25.7 Å². The molecule has 0 spiro atoms. The van der Waals surface area contributed by atoms with E-state index in [1.807, 2.05) is 23.1 Å². The zero-order valence-electron chi connectivity index (χ0n) is 13.3. The molecule has 1 aromatic carbocycles. The van der Waals surface area contributed by atoms with Gasteiger partial charge in [-0.15, -0.1) is 0 Å². The molecule has 1 N–H and O–H groups in total. The quantitative estimate of drug-likeness (QED) is 0.905. The number of piperazine rings is 1. The van der Waals surface area contributed by atoms with Crippen LogP contribution in [0.2, 0.25) is 0 Å². The van der Waals surface area contributed by atoms with Crippen LogP contribution in [0.4, 0.5) is 0 Å². The number of nitrogens with one attached hydrogen (secondary N) is 1. The summed E-state index contributed by atoms with van der Waals surface area (Å²) < 4.78 is 5.81. The normalized spacial score (nSPS) is 20.1. The van der Waals surface area contributed by atoms with Crippen molar-refractivity contribution in [2.75, 3.05) is 26.2 Å². The highest BCUT2D eigenvalue weighted by Crippen LogP contribution is 2.28. The van der Waals surface area contributed by atoms with Crippen molar-refractivity contribution in [3.63, 3.8) is 0 Å². The third-order valence-electron chi connectivity index (χ3n) is 4.24. The molecule has 4 heteroatoms. The lowest BCUT2D eigenvalue weighted by atomic mass is 9.98. The van der Waals surface area contributed by atoms with Crippen LogP contribution in [0.3, 0.4) is 0 Å². The summed E-state index contributed by atoms with van der Waals surface area (Å²) in [6, 6.07) is 8.25. The first-order valence-electron chi connectivity index (χ1n) is 7.85. The molecule has 0 bridgehead atoms. The molecular weight excluding hydrogens is 264 g/mol. The SMILES string of the molecule is CCC(C)c1ccccc1OCC(=O)N1CCNC[C@@H]1C. The van der Waals surface area contributed by atoms with Gasteiger partial charge in [0.2, 0.25) is 0 Å². The molecule has 1 fully saturated rings. The maximum absolute atomic E-state index is 12.3. The third-order valence-corrected chi connectivity index (χ3v) is 4.24. The van der Waals surface area contributed by atoms with E-state index >= 15 is 0 Å². The molecule has 21 heavy (non-hydrogen) atoms. The van der Waals surface area contributed by atoms with E-state index in [0.29, 0.717) is 5.92 Å². The van der Waals surface area contributed by atoms with Crippen LogP contribution >= 0.6 is 0 Å². The number of amides is 1. The molecule has 4 nitrogen and oxygen atoms in total. The van der Waals surface area contributed by atoms with Crippen molar-refractivity contribution in [1.82, 2.24) is 10.2 Å². The lowest BCUT2D eigenvalue weighted by molar-refractivity contribution is -0.136. The summed E-state index contributed by atoms with van der Waals surface area (Å²) in [5, 5.41) is 3.29. The van der Waals surface area contributed by atoms with Crippen molar-refractivity contribution in [1.29, 1.82) is 0 Å². The summed E-state index contributed by atoms with van der Waals surface area (Å²) in [6.07, 6.45) is 1.06. The Morgan fingerprint density at radius 1 is 1.48 bits per heavy atom. The summed E-state index contributed by atoms with van der Waals surface area (Å²) >= 11 is 0. The molecule has 0 saturated carbocycles. The molecule has 1 aliphatic heterocycles. The van der Waals surface area contributed by atoms with E-state index in [-0.39, 0.29) is 18.6 Å². The van der Waals surface area contributed by atoms with E-state index in [9.17, 15) is 4.79 Å². The van der Waals surface area contributed by atoms with Gasteiger partial charge in [-0.1, -0.05) is 32.0 Å². The van der Waals surface area contributed by atoms with Gasteiger partial charge in [-0.3, -0.25) is 4.79 Å². The van der Waals surface area contributed by atoms with E-state index in [4.69, 9.17) is 4.74 Å². The number of ether oxygens (including phenoxy) is 1. The molecule has 0 aromatic heterocycles. The number of para-hydroxylation sites is 1. The van der Waals surface area contributed by atoms with Crippen molar-refractivity contribution in [2.24, 2.45) is 0 Å². The number of nitrogens with zero attached hydrogens (tertiary/aromatic N) is 1. The second-order valence-electron chi connectivity index (χ2n) is 5.78. The van der Waals surface area contributed by atoms with Crippen molar-refractivity contribution in [3.8, 4) is 5.75 Å². The highest BCUT2D eigenvalue weighted by molar-refractivity contribution is 5.78. The van der Waals surface area contributed by atoms with Crippen LogP contribution < -0.4 is 10.1 Å². The van der Waals surface area contributed by atoms with Gasteiger partial charge < -0.3 is 15.0 Å². The topological polar surface area (TPSA) is 41.6 Å². The highest BCUT2D eigenvalue weighted by Gasteiger charge is 2.23. The van der Waals surface area contributed by atoms with Crippen LogP contribution in [-0.4, -0.2) is 43.1 Å². The van der Waals surface area contributed by atoms with Gasteiger partial charge in [0.05, 0.1) is 0 Å². The predicted molar refractivity (Wildman–Crippen MR) is 84.7 cm³/mol. The summed E-state index contributed by atoms with van der Waals surface area (Å²) in [7, 11) is 0. The lowest BCUT2D eigenvalue weighted by Gasteiger charge is -2.34.